The van der Waals surface area contributed by atoms with Gasteiger partial charge in [0.2, 0.25) is 5.91 Å². The van der Waals surface area contributed by atoms with Gasteiger partial charge in [-0.3, -0.25) is 4.79 Å². The number of aromatic nitrogens is 1. The molecule has 0 aromatic carbocycles. The van der Waals surface area contributed by atoms with Crippen LogP contribution >= 0.6 is 0 Å². The van der Waals surface area contributed by atoms with Gasteiger partial charge in [0.15, 0.2) is 0 Å². The molecule has 116 valence electrons. The molecule has 7 heteroatoms. The van der Waals surface area contributed by atoms with E-state index in [1.54, 1.807) is 27.0 Å². The fourth-order valence-corrected chi connectivity index (χ4v) is 1.91. The maximum atomic E-state index is 11.5. The molecule has 1 aromatic heterocycles. The molecule has 7 nitrogen and oxygen atoms in total. The second-order valence-electron chi connectivity index (χ2n) is 4.63. The first-order valence-electron chi connectivity index (χ1n) is 6.66. The molecule has 0 unspecified atom stereocenters. The third kappa shape index (κ3) is 5.39. The van der Waals surface area contributed by atoms with E-state index >= 15 is 0 Å². The predicted octanol–water partition coefficient (Wildman–Crippen LogP) is 0.961. The van der Waals surface area contributed by atoms with E-state index in [0.29, 0.717) is 31.1 Å². The van der Waals surface area contributed by atoms with Crippen LogP contribution in [0.15, 0.2) is 6.07 Å². The van der Waals surface area contributed by atoms with Gasteiger partial charge in [-0.25, -0.2) is 9.78 Å². The number of carbonyl (C=O) groups is 2. The highest BCUT2D eigenvalue weighted by Crippen LogP contribution is 2.18. The van der Waals surface area contributed by atoms with Crippen molar-refractivity contribution in [1.29, 1.82) is 0 Å². The molecule has 1 amide bonds. The molecule has 0 radical (unpaired) electrons. The Morgan fingerprint density at radius 1 is 1.33 bits per heavy atom. The van der Waals surface area contributed by atoms with Gasteiger partial charge >= 0.3 is 5.97 Å². The number of carboxylic acid groups (broad SMARTS) is 1. The van der Waals surface area contributed by atoms with Crippen molar-refractivity contribution in [3.8, 4) is 0 Å². The zero-order valence-corrected chi connectivity index (χ0v) is 12.5. The minimum atomic E-state index is -1.04. The summed E-state index contributed by atoms with van der Waals surface area (Å²) in [7, 11) is 1.56. The molecule has 0 aliphatic rings. The first-order valence-corrected chi connectivity index (χ1v) is 6.66. The topological polar surface area (TPSA) is 101 Å². The Morgan fingerprint density at radius 2 is 2.05 bits per heavy atom. The average Bonchev–Trinajstić information content (AvgIpc) is 2.37. The Morgan fingerprint density at radius 3 is 2.67 bits per heavy atom. The summed E-state index contributed by atoms with van der Waals surface area (Å²) in [5.41, 5.74) is 1.51. The molecule has 0 bridgehead atoms. The van der Waals surface area contributed by atoms with Crippen molar-refractivity contribution in [2.75, 3.05) is 32.1 Å². The highest BCUT2D eigenvalue weighted by atomic mass is 16.5. The number of anilines is 1. The number of rotatable bonds is 8. The van der Waals surface area contributed by atoms with Crippen LogP contribution < -0.4 is 10.6 Å². The lowest BCUT2D eigenvalue weighted by molar-refractivity contribution is -0.121. The van der Waals surface area contributed by atoms with Crippen molar-refractivity contribution in [2.45, 2.75) is 20.3 Å². The van der Waals surface area contributed by atoms with Gasteiger partial charge in [0.05, 0.1) is 6.61 Å². The molecule has 0 spiro atoms. The molecule has 1 rings (SSSR count). The number of hydrogen-bond acceptors (Lipinski definition) is 5. The number of aryl methyl sites for hydroxylation is 2. The quantitative estimate of drug-likeness (QED) is 0.618. The fraction of sp³-hybridized carbons (Fsp3) is 0.500. The summed E-state index contributed by atoms with van der Waals surface area (Å²) in [6.45, 7) is 4.75. The van der Waals surface area contributed by atoms with Crippen LogP contribution in [-0.4, -0.2) is 48.8 Å². The first kappa shape index (κ1) is 16.9. The standard InChI is InChI=1S/C14H21N3O4/c1-9-8-10(2)17-13(12(9)14(19)20)16-5-4-11(18)15-6-7-21-3/h8H,4-7H2,1-3H3,(H,15,18)(H,16,17)(H,19,20). The van der Waals surface area contributed by atoms with Crippen LogP contribution in [0, 0.1) is 13.8 Å². The second-order valence-corrected chi connectivity index (χ2v) is 4.63. The van der Waals surface area contributed by atoms with Crippen LogP contribution in [0.4, 0.5) is 5.82 Å². The van der Waals surface area contributed by atoms with Gasteiger partial charge in [-0.05, 0) is 25.5 Å². The minimum absolute atomic E-state index is 0.124. The molecular formula is C14H21N3O4. The van der Waals surface area contributed by atoms with E-state index in [1.165, 1.54) is 0 Å². The molecular weight excluding hydrogens is 274 g/mol. The normalized spacial score (nSPS) is 10.2. The SMILES string of the molecule is COCCNC(=O)CCNc1nc(C)cc(C)c1C(=O)O. The summed E-state index contributed by atoms with van der Waals surface area (Å²) in [4.78, 5) is 27.0. The molecule has 21 heavy (non-hydrogen) atoms. The predicted molar refractivity (Wildman–Crippen MR) is 78.7 cm³/mol. The third-order valence-corrected chi connectivity index (χ3v) is 2.83. The number of pyridine rings is 1. The van der Waals surface area contributed by atoms with E-state index in [-0.39, 0.29) is 17.9 Å². The van der Waals surface area contributed by atoms with Crippen molar-refractivity contribution in [3.05, 3.63) is 22.9 Å². The van der Waals surface area contributed by atoms with Crippen LogP contribution in [0.25, 0.3) is 0 Å². The monoisotopic (exact) mass is 295 g/mol. The Hall–Kier alpha value is -2.15. The van der Waals surface area contributed by atoms with Gasteiger partial charge in [0.25, 0.3) is 0 Å². The van der Waals surface area contributed by atoms with E-state index in [9.17, 15) is 14.7 Å². The number of carboxylic acids is 1. The third-order valence-electron chi connectivity index (χ3n) is 2.83. The van der Waals surface area contributed by atoms with Gasteiger partial charge in [-0.2, -0.15) is 0 Å². The highest BCUT2D eigenvalue weighted by Gasteiger charge is 2.15. The molecule has 0 atom stereocenters. The maximum absolute atomic E-state index is 11.5. The summed E-state index contributed by atoms with van der Waals surface area (Å²) >= 11 is 0. The van der Waals surface area contributed by atoms with Gasteiger partial charge in [-0.15, -0.1) is 0 Å². The smallest absolute Gasteiger partial charge is 0.339 e. The molecule has 0 fully saturated rings. The largest absolute Gasteiger partial charge is 0.478 e. The number of nitrogens with zero attached hydrogens (tertiary/aromatic N) is 1. The van der Waals surface area contributed by atoms with Crippen LogP contribution in [0.3, 0.4) is 0 Å². The Kier molecular flexibility index (Phi) is 6.61. The average molecular weight is 295 g/mol. The molecule has 1 aromatic rings. The van der Waals surface area contributed by atoms with Crippen molar-refractivity contribution in [3.63, 3.8) is 0 Å². The van der Waals surface area contributed by atoms with E-state index in [2.05, 4.69) is 15.6 Å². The summed E-state index contributed by atoms with van der Waals surface area (Å²) in [6.07, 6.45) is 0.234. The minimum Gasteiger partial charge on any atom is -0.478 e. The fourth-order valence-electron chi connectivity index (χ4n) is 1.91. The van der Waals surface area contributed by atoms with Crippen molar-refractivity contribution in [2.24, 2.45) is 0 Å². The van der Waals surface area contributed by atoms with E-state index in [1.807, 2.05) is 0 Å². The van der Waals surface area contributed by atoms with Gasteiger partial charge in [0.1, 0.15) is 11.4 Å². The molecule has 0 aliphatic heterocycles. The molecule has 0 aliphatic carbocycles. The van der Waals surface area contributed by atoms with Gasteiger partial charge < -0.3 is 20.5 Å². The lowest BCUT2D eigenvalue weighted by atomic mass is 10.1. The Balaban J connectivity index is 2.59. The van der Waals surface area contributed by atoms with Crippen LogP contribution in [0.1, 0.15) is 28.0 Å². The molecule has 3 N–H and O–H groups in total. The molecule has 1 heterocycles. The van der Waals surface area contributed by atoms with E-state index in [4.69, 9.17) is 4.74 Å². The number of ether oxygens (including phenoxy) is 1. The number of nitrogens with one attached hydrogen (secondary N) is 2. The highest BCUT2D eigenvalue weighted by molar-refractivity contribution is 5.94. The number of hydrogen-bond donors (Lipinski definition) is 3. The summed E-state index contributed by atoms with van der Waals surface area (Å²) < 4.78 is 4.83. The van der Waals surface area contributed by atoms with Crippen molar-refractivity contribution >= 4 is 17.7 Å². The van der Waals surface area contributed by atoms with E-state index < -0.39 is 5.97 Å². The number of methoxy groups -OCH3 is 1. The second kappa shape index (κ2) is 8.21. The molecule has 0 saturated heterocycles. The lowest BCUT2D eigenvalue weighted by Crippen LogP contribution is -2.28. The van der Waals surface area contributed by atoms with Gasteiger partial charge in [0, 0.05) is 32.3 Å². The summed E-state index contributed by atoms with van der Waals surface area (Å²) in [6, 6.07) is 1.71. The molecule has 0 saturated carbocycles. The van der Waals surface area contributed by atoms with Crippen LogP contribution in [0.5, 0.6) is 0 Å². The van der Waals surface area contributed by atoms with Gasteiger partial charge in [-0.1, -0.05) is 0 Å². The zero-order valence-electron chi connectivity index (χ0n) is 12.5. The number of aromatic carboxylic acids is 1. The van der Waals surface area contributed by atoms with E-state index in [0.717, 1.165) is 5.69 Å². The first-order chi connectivity index (χ1) is 9.95. The Labute approximate surface area is 123 Å². The van der Waals surface area contributed by atoms with Crippen LogP contribution in [-0.2, 0) is 9.53 Å². The lowest BCUT2D eigenvalue weighted by Gasteiger charge is -2.12. The number of carbonyl (C=O) groups excluding carboxylic acids is 1. The summed E-state index contributed by atoms with van der Waals surface area (Å²) in [5.74, 6) is -0.863. The zero-order chi connectivity index (χ0) is 15.8. The maximum Gasteiger partial charge on any atom is 0.339 e. The number of amides is 1. The van der Waals surface area contributed by atoms with Crippen molar-refractivity contribution < 1.29 is 19.4 Å². The van der Waals surface area contributed by atoms with Crippen LogP contribution in [0.2, 0.25) is 0 Å². The van der Waals surface area contributed by atoms with Crippen molar-refractivity contribution in [1.82, 2.24) is 10.3 Å². The Bertz CT molecular complexity index is 517. The summed E-state index contributed by atoms with van der Waals surface area (Å²) in [5, 5.41) is 14.8.